The van der Waals surface area contributed by atoms with Crippen molar-refractivity contribution in [3.05, 3.63) is 53.6 Å². The quantitative estimate of drug-likeness (QED) is 0.754. The van der Waals surface area contributed by atoms with Gasteiger partial charge in [0.25, 0.3) is 0 Å². The fourth-order valence-electron chi connectivity index (χ4n) is 2.09. The number of aryl methyl sites for hydroxylation is 1. The van der Waals surface area contributed by atoms with Gasteiger partial charge < -0.3 is 0 Å². The molecule has 0 amide bonds. The number of nitrogens with zero attached hydrogens (tertiary/aromatic N) is 2. The summed E-state index contributed by atoms with van der Waals surface area (Å²) in [7, 11) is 0. The third-order valence-electron chi connectivity index (χ3n) is 3.24. The number of hydrogen-bond donors (Lipinski definition) is 1. The Morgan fingerprint density at radius 2 is 1.84 bits per heavy atom. The van der Waals surface area contributed by atoms with Crippen LogP contribution in [0.4, 0.5) is 5.69 Å². The van der Waals surface area contributed by atoms with Crippen molar-refractivity contribution in [3.63, 3.8) is 0 Å². The van der Waals surface area contributed by atoms with E-state index in [-0.39, 0.29) is 21.0 Å². The van der Waals surface area contributed by atoms with Crippen molar-refractivity contribution in [2.75, 3.05) is 5.32 Å². The first-order valence-electron chi connectivity index (χ1n) is 6.28. The molecule has 0 bridgehead atoms. The number of hydrogen-bond acceptors (Lipinski definition) is 3. The van der Waals surface area contributed by atoms with E-state index in [1.165, 1.54) is 11.1 Å². The summed E-state index contributed by atoms with van der Waals surface area (Å²) in [4.78, 5) is 0. The topological polar surface area (TPSA) is 37.8 Å². The van der Waals surface area contributed by atoms with Gasteiger partial charge in [-0.3, -0.25) is 0 Å². The van der Waals surface area contributed by atoms with E-state index in [1.54, 1.807) is 0 Å². The molecule has 3 nitrogen and oxygen atoms in total. The Morgan fingerprint density at radius 3 is 2.63 bits per heavy atom. The van der Waals surface area contributed by atoms with Gasteiger partial charge in [-0.2, -0.15) is 0 Å². The van der Waals surface area contributed by atoms with Crippen LogP contribution in [0.3, 0.4) is 0 Å². The first-order chi connectivity index (χ1) is 9.24. The van der Waals surface area contributed by atoms with E-state index in [1.807, 2.05) is 12.1 Å². The Hall–Kier alpha value is -1.64. The molecule has 2 aromatic carbocycles. The van der Waals surface area contributed by atoms with Crippen molar-refractivity contribution in [1.82, 2.24) is 7.96 Å². The first-order valence-corrected chi connectivity index (χ1v) is 7.81. The van der Waals surface area contributed by atoms with Gasteiger partial charge in [0.2, 0.25) is 0 Å². The van der Waals surface area contributed by atoms with Gasteiger partial charge in [-0.15, -0.1) is 0 Å². The molecule has 0 radical (unpaired) electrons. The van der Waals surface area contributed by atoms with E-state index in [2.05, 4.69) is 57.5 Å². The van der Waals surface area contributed by atoms with Crippen molar-refractivity contribution in [3.8, 4) is 0 Å². The van der Waals surface area contributed by atoms with Crippen molar-refractivity contribution in [2.24, 2.45) is 0 Å². The standard InChI is InChI=1S/C15H15N3Se/c1-10-6-8-12(9-7-10)11(2)16-13-4-3-5-14-15(13)18-19-17-14/h3-9,11,16H,1-2H3. The summed E-state index contributed by atoms with van der Waals surface area (Å²) in [6, 6.07) is 15.0. The molecular formula is C15H15N3Se. The molecule has 19 heavy (non-hydrogen) atoms. The van der Waals surface area contributed by atoms with Crippen LogP contribution in [-0.2, 0) is 0 Å². The van der Waals surface area contributed by atoms with Crippen LogP contribution in [0.25, 0.3) is 11.0 Å². The third-order valence-corrected chi connectivity index (χ3v) is 4.37. The Balaban J connectivity index is 1.88. The van der Waals surface area contributed by atoms with Crippen LogP contribution in [0.15, 0.2) is 42.5 Å². The predicted molar refractivity (Wildman–Crippen MR) is 79.7 cm³/mol. The van der Waals surface area contributed by atoms with Gasteiger partial charge in [0.15, 0.2) is 0 Å². The fourth-order valence-corrected chi connectivity index (χ4v) is 3.25. The molecule has 0 saturated heterocycles. The Bertz CT molecular complexity index is 688. The summed E-state index contributed by atoms with van der Waals surface area (Å²) in [5, 5.41) is 3.53. The average molecular weight is 316 g/mol. The van der Waals surface area contributed by atoms with Crippen LogP contribution in [-0.4, -0.2) is 22.9 Å². The van der Waals surface area contributed by atoms with E-state index in [0.717, 1.165) is 16.7 Å². The second-order valence-corrected chi connectivity index (χ2v) is 5.82. The van der Waals surface area contributed by atoms with Crippen LogP contribution in [0.5, 0.6) is 0 Å². The van der Waals surface area contributed by atoms with Gasteiger partial charge in [0.05, 0.1) is 0 Å². The number of anilines is 1. The van der Waals surface area contributed by atoms with Crippen molar-refractivity contribution in [2.45, 2.75) is 19.9 Å². The fraction of sp³-hybridized carbons (Fsp3) is 0.200. The molecule has 1 N–H and O–H groups in total. The number of benzene rings is 2. The summed E-state index contributed by atoms with van der Waals surface area (Å²) in [5.74, 6) is 0. The first kappa shape index (κ1) is 12.4. The predicted octanol–water partition coefficient (Wildman–Crippen LogP) is 3.17. The molecule has 0 saturated carbocycles. The molecule has 3 aromatic rings. The Kier molecular flexibility index (Phi) is 3.36. The second-order valence-electron chi connectivity index (χ2n) is 4.71. The number of rotatable bonds is 3. The molecule has 1 aromatic heterocycles. The average Bonchev–Trinajstić information content (AvgIpc) is 2.89. The summed E-state index contributed by atoms with van der Waals surface area (Å²) in [6.07, 6.45) is 0. The molecule has 1 atom stereocenters. The van der Waals surface area contributed by atoms with Crippen molar-refractivity contribution in [1.29, 1.82) is 0 Å². The maximum atomic E-state index is 4.49. The Morgan fingerprint density at radius 1 is 1.05 bits per heavy atom. The molecule has 1 heterocycles. The van der Waals surface area contributed by atoms with Gasteiger partial charge in [0, 0.05) is 0 Å². The molecular weight excluding hydrogens is 301 g/mol. The number of nitrogens with one attached hydrogen (secondary N) is 1. The summed E-state index contributed by atoms with van der Waals surface area (Å²) < 4.78 is 8.90. The van der Waals surface area contributed by atoms with E-state index in [4.69, 9.17) is 0 Å². The number of aromatic nitrogens is 2. The van der Waals surface area contributed by atoms with E-state index in [0.29, 0.717) is 0 Å². The molecule has 4 heteroatoms. The minimum atomic E-state index is 0.0210. The van der Waals surface area contributed by atoms with Crippen LogP contribution in [0.2, 0.25) is 0 Å². The van der Waals surface area contributed by atoms with Gasteiger partial charge in [0.1, 0.15) is 0 Å². The zero-order valence-electron chi connectivity index (χ0n) is 10.9. The summed E-state index contributed by atoms with van der Waals surface area (Å²) >= 11 is 0.0210. The van der Waals surface area contributed by atoms with E-state index in [9.17, 15) is 0 Å². The van der Waals surface area contributed by atoms with Gasteiger partial charge in [-0.05, 0) is 0 Å². The molecule has 0 aliphatic heterocycles. The molecule has 96 valence electrons. The number of fused-ring (bicyclic) bond motifs is 1. The van der Waals surface area contributed by atoms with Crippen LogP contribution in [0, 0.1) is 6.92 Å². The molecule has 0 spiro atoms. The zero-order valence-corrected chi connectivity index (χ0v) is 12.6. The molecule has 0 aliphatic carbocycles. The van der Waals surface area contributed by atoms with E-state index < -0.39 is 0 Å². The maximum absolute atomic E-state index is 4.49. The Labute approximate surface area is 118 Å². The summed E-state index contributed by atoms with van der Waals surface area (Å²) in [5.41, 5.74) is 5.67. The molecule has 0 fully saturated rings. The van der Waals surface area contributed by atoms with Gasteiger partial charge in [-0.1, -0.05) is 0 Å². The van der Waals surface area contributed by atoms with Gasteiger partial charge in [-0.25, -0.2) is 0 Å². The molecule has 1 unspecified atom stereocenters. The monoisotopic (exact) mass is 317 g/mol. The van der Waals surface area contributed by atoms with Gasteiger partial charge >= 0.3 is 118 Å². The zero-order chi connectivity index (χ0) is 13.2. The minimum absolute atomic E-state index is 0.0210. The third kappa shape index (κ3) is 2.55. The van der Waals surface area contributed by atoms with Crippen molar-refractivity contribution >= 4 is 31.7 Å². The van der Waals surface area contributed by atoms with E-state index >= 15 is 0 Å². The summed E-state index contributed by atoms with van der Waals surface area (Å²) in [6.45, 7) is 4.27. The molecule has 3 rings (SSSR count). The second kappa shape index (κ2) is 5.16. The van der Waals surface area contributed by atoms with Crippen molar-refractivity contribution < 1.29 is 0 Å². The SMILES string of the molecule is Cc1ccc(C(C)Nc2cccc3n[se]nc23)cc1. The van der Waals surface area contributed by atoms with Crippen LogP contribution >= 0.6 is 0 Å². The van der Waals surface area contributed by atoms with Crippen LogP contribution < -0.4 is 5.32 Å². The van der Waals surface area contributed by atoms with Crippen LogP contribution in [0.1, 0.15) is 24.1 Å². The molecule has 0 aliphatic rings. The normalized spacial score (nSPS) is 12.5.